The van der Waals surface area contributed by atoms with Crippen LogP contribution in [0.25, 0.3) is 0 Å². The second-order valence-corrected chi connectivity index (χ2v) is 5.34. The van der Waals surface area contributed by atoms with Gasteiger partial charge in [0.05, 0.1) is 18.0 Å². The van der Waals surface area contributed by atoms with E-state index in [2.05, 4.69) is 5.32 Å². The zero-order valence-corrected chi connectivity index (χ0v) is 13.3. The number of amides is 1. The lowest BCUT2D eigenvalue weighted by molar-refractivity contribution is -0.387. The lowest BCUT2D eigenvalue weighted by Gasteiger charge is -2.10. The number of carbonyl (C=O) groups excluding carboxylic acids is 1. The summed E-state index contributed by atoms with van der Waals surface area (Å²) in [6.45, 7) is 4.06. The number of rotatable bonds is 6. The molecule has 6 nitrogen and oxygen atoms in total. The van der Waals surface area contributed by atoms with Gasteiger partial charge in [0.1, 0.15) is 5.75 Å². The molecular formula is C17H17FN2O4. The monoisotopic (exact) mass is 332 g/mol. The smallest absolute Gasteiger partial charge is 0.306 e. The van der Waals surface area contributed by atoms with Gasteiger partial charge in [-0.05, 0) is 37.6 Å². The van der Waals surface area contributed by atoms with Crippen LogP contribution in [0.1, 0.15) is 17.5 Å². The summed E-state index contributed by atoms with van der Waals surface area (Å²) in [5, 5.41) is 13.2. The summed E-state index contributed by atoms with van der Waals surface area (Å²) in [5.41, 5.74) is 1.58. The Hall–Kier alpha value is -2.96. The normalized spacial score (nSPS) is 10.3. The van der Waals surface area contributed by atoms with Crippen LogP contribution in [0.15, 0.2) is 36.4 Å². The third-order valence-electron chi connectivity index (χ3n) is 3.34. The van der Waals surface area contributed by atoms with Crippen molar-refractivity contribution in [2.45, 2.75) is 20.3 Å². The van der Waals surface area contributed by atoms with E-state index in [0.717, 1.165) is 23.3 Å². The van der Waals surface area contributed by atoms with Gasteiger partial charge in [0.2, 0.25) is 11.7 Å². The second-order valence-electron chi connectivity index (χ2n) is 5.34. The molecule has 2 aromatic rings. The van der Waals surface area contributed by atoms with Crippen molar-refractivity contribution >= 4 is 17.3 Å². The van der Waals surface area contributed by atoms with Crippen LogP contribution in [0.2, 0.25) is 0 Å². The van der Waals surface area contributed by atoms with E-state index in [4.69, 9.17) is 4.74 Å². The predicted molar refractivity (Wildman–Crippen MR) is 87.7 cm³/mol. The zero-order chi connectivity index (χ0) is 17.7. The maximum Gasteiger partial charge on any atom is 0.306 e. The Bertz CT molecular complexity index is 777. The minimum absolute atomic E-state index is 0.0679. The van der Waals surface area contributed by atoms with Gasteiger partial charge in [0.25, 0.3) is 0 Å². The molecule has 0 atom stereocenters. The summed E-state index contributed by atoms with van der Waals surface area (Å²) in [6, 6.07) is 8.93. The number of halogens is 1. The Kier molecular flexibility index (Phi) is 5.47. The van der Waals surface area contributed by atoms with Crippen LogP contribution >= 0.6 is 0 Å². The summed E-state index contributed by atoms with van der Waals surface area (Å²) in [4.78, 5) is 21.7. The van der Waals surface area contributed by atoms with Crippen molar-refractivity contribution in [1.82, 2.24) is 0 Å². The first-order valence-corrected chi connectivity index (χ1v) is 7.30. The van der Waals surface area contributed by atoms with Gasteiger partial charge in [-0.15, -0.1) is 0 Å². The Balaban J connectivity index is 1.89. The average Bonchev–Trinajstić information content (AvgIpc) is 2.51. The third-order valence-corrected chi connectivity index (χ3v) is 3.34. The molecule has 0 heterocycles. The fourth-order valence-corrected chi connectivity index (χ4v) is 2.17. The molecule has 0 radical (unpaired) electrons. The van der Waals surface area contributed by atoms with Crippen LogP contribution < -0.4 is 10.1 Å². The van der Waals surface area contributed by atoms with Gasteiger partial charge >= 0.3 is 5.69 Å². The van der Waals surface area contributed by atoms with Crippen LogP contribution in [0.5, 0.6) is 5.75 Å². The number of nitro groups is 1. The Morgan fingerprint density at radius 3 is 2.67 bits per heavy atom. The van der Waals surface area contributed by atoms with Gasteiger partial charge in [-0.2, -0.15) is 4.39 Å². The SMILES string of the molecule is Cc1ccc(OCCC(=O)Nc2ccc(F)c([N+](=O)[O-])c2)c(C)c1. The summed E-state index contributed by atoms with van der Waals surface area (Å²) in [6.07, 6.45) is 0.0679. The molecule has 7 heteroatoms. The van der Waals surface area contributed by atoms with Crippen molar-refractivity contribution in [2.24, 2.45) is 0 Å². The quantitative estimate of drug-likeness (QED) is 0.645. The maximum absolute atomic E-state index is 13.2. The van der Waals surface area contributed by atoms with E-state index in [1.807, 2.05) is 32.0 Å². The third kappa shape index (κ3) is 4.52. The molecule has 0 saturated heterocycles. The minimum Gasteiger partial charge on any atom is -0.493 e. The molecule has 1 amide bonds. The fraction of sp³-hybridized carbons (Fsp3) is 0.235. The lowest BCUT2D eigenvalue weighted by atomic mass is 10.1. The summed E-state index contributed by atoms with van der Waals surface area (Å²) in [5.74, 6) is -0.623. The van der Waals surface area contributed by atoms with Crippen LogP contribution in [0.4, 0.5) is 15.8 Å². The minimum atomic E-state index is -0.948. The highest BCUT2D eigenvalue weighted by Crippen LogP contribution is 2.22. The molecule has 0 aromatic heterocycles. The molecule has 2 rings (SSSR count). The molecule has 0 fully saturated rings. The molecule has 0 saturated carbocycles. The topological polar surface area (TPSA) is 81.5 Å². The van der Waals surface area contributed by atoms with Gasteiger partial charge < -0.3 is 10.1 Å². The van der Waals surface area contributed by atoms with Crippen molar-refractivity contribution in [3.05, 3.63) is 63.5 Å². The van der Waals surface area contributed by atoms with E-state index in [0.29, 0.717) is 5.75 Å². The van der Waals surface area contributed by atoms with Gasteiger partial charge in [0, 0.05) is 11.8 Å². The molecule has 0 unspecified atom stereocenters. The highest BCUT2D eigenvalue weighted by atomic mass is 19.1. The van der Waals surface area contributed by atoms with E-state index >= 15 is 0 Å². The number of aryl methyl sites for hydroxylation is 2. The summed E-state index contributed by atoms with van der Waals surface area (Å²) < 4.78 is 18.8. The van der Waals surface area contributed by atoms with E-state index in [-0.39, 0.29) is 24.6 Å². The molecule has 0 aliphatic carbocycles. The Morgan fingerprint density at radius 2 is 2.00 bits per heavy atom. The second kappa shape index (κ2) is 7.54. The zero-order valence-electron chi connectivity index (χ0n) is 13.3. The van der Waals surface area contributed by atoms with Gasteiger partial charge in [-0.3, -0.25) is 14.9 Å². The predicted octanol–water partition coefficient (Wildman–Crippen LogP) is 3.76. The fourth-order valence-electron chi connectivity index (χ4n) is 2.17. The molecule has 2 aromatic carbocycles. The van der Waals surface area contributed by atoms with Gasteiger partial charge in [-0.1, -0.05) is 17.7 Å². The number of nitro benzene ring substituents is 1. The standard InChI is InChI=1S/C17H17FN2O4/c1-11-3-6-16(12(2)9-11)24-8-7-17(21)19-13-4-5-14(18)15(10-13)20(22)23/h3-6,9-10H,7-8H2,1-2H3,(H,19,21). The average molecular weight is 332 g/mol. The Morgan fingerprint density at radius 1 is 1.25 bits per heavy atom. The highest BCUT2D eigenvalue weighted by molar-refractivity contribution is 5.91. The molecular weight excluding hydrogens is 315 g/mol. The van der Waals surface area contributed by atoms with Crippen LogP contribution in [0, 0.1) is 29.8 Å². The van der Waals surface area contributed by atoms with Crippen LogP contribution in [-0.4, -0.2) is 17.4 Å². The van der Waals surface area contributed by atoms with Crippen molar-refractivity contribution in [2.75, 3.05) is 11.9 Å². The molecule has 0 aliphatic rings. The van der Waals surface area contributed by atoms with Crippen molar-refractivity contribution in [3.63, 3.8) is 0 Å². The number of hydrogen-bond donors (Lipinski definition) is 1. The molecule has 0 aliphatic heterocycles. The first-order chi connectivity index (χ1) is 11.4. The summed E-state index contributed by atoms with van der Waals surface area (Å²) >= 11 is 0. The largest absolute Gasteiger partial charge is 0.493 e. The number of nitrogens with one attached hydrogen (secondary N) is 1. The van der Waals surface area contributed by atoms with E-state index < -0.39 is 16.4 Å². The molecule has 0 spiro atoms. The first kappa shape index (κ1) is 17.4. The number of hydrogen-bond acceptors (Lipinski definition) is 4. The molecule has 1 N–H and O–H groups in total. The Labute approximate surface area is 138 Å². The van der Waals surface area contributed by atoms with E-state index in [1.165, 1.54) is 6.07 Å². The van der Waals surface area contributed by atoms with E-state index in [1.54, 1.807) is 0 Å². The number of anilines is 1. The highest BCUT2D eigenvalue weighted by Gasteiger charge is 2.15. The molecule has 24 heavy (non-hydrogen) atoms. The molecule has 126 valence electrons. The first-order valence-electron chi connectivity index (χ1n) is 7.30. The van der Waals surface area contributed by atoms with Crippen LogP contribution in [-0.2, 0) is 4.79 Å². The maximum atomic E-state index is 13.2. The number of nitrogens with zero attached hydrogens (tertiary/aromatic N) is 1. The van der Waals surface area contributed by atoms with Gasteiger partial charge in [0.15, 0.2) is 0 Å². The van der Waals surface area contributed by atoms with Crippen molar-refractivity contribution in [3.8, 4) is 5.75 Å². The van der Waals surface area contributed by atoms with Crippen molar-refractivity contribution in [1.29, 1.82) is 0 Å². The number of ether oxygens (including phenoxy) is 1. The molecule has 0 bridgehead atoms. The summed E-state index contributed by atoms with van der Waals surface area (Å²) in [7, 11) is 0. The van der Waals surface area contributed by atoms with Crippen molar-refractivity contribution < 1.29 is 18.8 Å². The number of carbonyl (C=O) groups is 1. The van der Waals surface area contributed by atoms with E-state index in [9.17, 15) is 19.3 Å². The lowest BCUT2D eigenvalue weighted by Crippen LogP contribution is -2.15. The van der Waals surface area contributed by atoms with Crippen LogP contribution in [0.3, 0.4) is 0 Å². The van der Waals surface area contributed by atoms with Gasteiger partial charge in [-0.25, -0.2) is 0 Å². The number of benzene rings is 2.